The molecule has 0 aromatic rings. The molecule has 0 aliphatic carbocycles. The first-order valence-corrected chi connectivity index (χ1v) is 6.42. The van der Waals surface area contributed by atoms with Crippen LogP contribution in [-0.4, -0.2) is 60.1 Å². The molecule has 5 nitrogen and oxygen atoms in total. The van der Waals surface area contributed by atoms with Crippen molar-refractivity contribution in [2.75, 3.05) is 26.4 Å². The molecule has 18 heavy (non-hydrogen) atoms. The molecule has 1 heterocycles. The summed E-state index contributed by atoms with van der Waals surface area (Å²) in [6.07, 6.45) is 0.109. The Balaban J connectivity index is 2.22. The topological polar surface area (TPSA) is 71.5 Å². The van der Waals surface area contributed by atoms with Crippen LogP contribution in [0.3, 0.4) is 0 Å². The Kier molecular flexibility index (Phi) is 5.55. The Morgan fingerprint density at radius 1 is 1.22 bits per heavy atom. The van der Waals surface area contributed by atoms with Crippen LogP contribution in [0.15, 0.2) is 0 Å². The molecule has 1 fully saturated rings. The Morgan fingerprint density at radius 2 is 1.83 bits per heavy atom. The molecule has 0 radical (unpaired) electrons. The summed E-state index contributed by atoms with van der Waals surface area (Å²) in [5.74, 6) is 0. The zero-order chi connectivity index (χ0) is 13.8. The van der Waals surface area contributed by atoms with Crippen LogP contribution >= 0.6 is 0 Å². The Hall–Kier alpha value is -0.200. The van der Waals surface area contributed by atoms with Gasteiger partial charge in [0.25, 0.3) is 0 Å². The van der Waals surface area contributed by atoms with Gasteiger partial charge in [0.05, 0.1) is 43.7 Å². The van der Waals surface area contributed by atoms with Gasteiger partial charge in [-0.1, -0.05) is 0 Å². The fraction of sp³-hybridized carbons (Fsp3) is 1.00. The first-order chi connectivity index (χ1) is 8.24. The van der Waals surface area contributed by atoms with Gasteiger partial charge < -0.3 is 24.4 Å². The minimum absolute atomic E-state index is 0.0708. The Labute approximate surface area is 109 Å². The second-order valence-electron chi connectivity index (χ2n) is 6.11. The molecule has 2 atom stereocenters. The number of hydrogen-bond acceptors (Lipinski definition) is 5. The largest absolute Gasteiger partial charge is 0.393 e. The van der Waals surface area contributed by atoms with Gasteiger partial charge in [0, 0.05) is 6.42 Å². The molecule has 2 N–H and O–H groups in total. The van der Waals surface area contributed by atoms with Crippen LogP contribution in [0.4, 0.5) is 0 Å². The summed E-state index contributed by atoms with van der Waals surface area (Å²) < 4.78 is 16.2. The van der Waals surface area contributed by atoms with Crippen molar-refractivity contribution >= 4 is 0 Å². The van der Waals surface area contributed by atoms with Crippen LogP contribution in [0.2, 0.25) is 0 Å². The van der Waals surface area contributed by atoms with Crippen molar-refractivity contribution in [2.45, 2.75) is 57.5 Å². The molecule has 0 bridgehead atoms. The summed E-state index contributed by atoms with van der Waals surface area (Å²) in [6.45, 7) is 8.91. The minimum atomic E-state index is -0.617. The molecule has 0 aromatic carbocycles. The maximum atomic E-state index is 9.91. The Bertz CT molecular complexity index is 248. The molecule has 0 aromatic heterocycles. The lowest BCUT2D eigenvalue weighted by Crippen LogP contribution is -2.37. The summed E-state index contributed by atoms with van der Waals surface area (Å²) in [7, 11) is 0. The summed E-state index contributed by atoms with van der Waals surface area (Å²) in [6, 6.07) is 0. The normalized spacial score (nSPS) is 22.0. The van der Waals surface area contributed by atoms with Crippen LogP contribution in [0.1, 0.15) is 34.1 Å². The molecule has 0 amide bonds. The summed E-state index contributed by atoms with van der Waals surface area (Å²) in [5.41, 5.74) is -1.02. The summed E-state index contributed by atoms with van der Waals surface area (Å²) in [5, 5.41) is 19.0. The Morgan fingerprint density at radius 3 is 2.33 bits per heavy atom. The molecule has 5 heteroatoms. The van der Waals surface area contributed by atoms with E-state index in [1.807, 2.05) is 13.8 Å². The highest BCUT2D eigenvalue weighted by Crippen LogP contribution is 2.21. The lowest BCUT2D eigenvalue weighted by molar-refractivity contribution is -0.108. The van der Waals surface area contributed by atoms with Crippen molar-refractivity contribution in [3.8, 4) is 0 Å². The van der Waals surface area contributed by atoms with Gasteiger partial charge in [-0.2, -0.15) is 0 Å². The molecule has 1 rings (SSSR count). The smallest absolute Gasteiger partial charge is 0.104 e. The van der Waals surface area contributed by atoms with E-state index < -0.39 is 17.3 Å². The van der Waals surface area contributed by atoms with E-state index >= 15 is 0 Å². The maximum Gasteiger partial charge on any atom is 0.104 e. The van der Waals surface area contributed by atoms with Crippen molar-refractivity contribution in [3.05, 3.63) is 0 Å². The number of aliphatic hydroxyl groups is 2. The predicted octanol–water partition coefficient (Wildman–Crippen LogP) is 0.719. The van der Waals surface area contributed by atoms with E-state index in [-0.39, 0.29) is 19.3 Å². The monoisotopic (exact) mass is 262 g/mol. The molecule has 0 saturated carbocycles. The highest BCUT2D eigenvalue weighted by molar-refractivity contribution is 4.77. The minimum Gasteiger partial charge on any atom is -0.393 e. The van der Waals surface area contributed by atoms with Crippen LogP contribution in [0.5, 0.6) is 0 Å². The van der Waals surface area contributed by atoms with Gasteiger partial charge in [0.1, 0.15) is 6.10 Å². The molecule has 0 spiro atoms. The average molecular weight is 262 g/mol. The van der Waals surface area contributed by atoms with Crippen molar-refractivity contribution in [1.29, 1.82) is 0 Å². The SMILES string of the molecule is CC(C)(CO)OCC(O)CC(C)(C)OCC1CO1. The van der Waals surface area contributed by atoms with Crippen LogP contribution in [0.25, 0.3) is 0 Å². The molecule has 2 unspecified atom stereocenters. The molecule has 108 valence electrons. The lowest BCUT2D eigenvalue weighted by atomic mass is 10.0. The second-order valence-corrected chi connectivity index (χ2v) is 6.11. The fourth-order valence-corrected chi connectivity index (χ4v) is 1.54. The number of hydrogen-bond donors (Lipinski definition) is 2. The van der Waals surface area contributed by atoms with E-state index in [2.05, 4.69) is 0 Å². The zero-order valence-electron chi connectivity index (χ0n) is 11.8. The van der Waals surface area contributed by atoms with E-state index in [4.69, 9.17) is 19.3 Å². The molecule has 1 aliphatic rings. The van der Waals surface area contributed by atoms with Crippen molar-refractivity contribution in [1.82, 2.24) is 0 Å². The van der Waals surface area contributed by atoms with E-state index in [1.165, 1.54) is 0 Å². The number of epoxide rings is 1. The molecule has 1 aliphatic heterocycles. The lowest BCUT2D eigenvalue weighted by Gasteiger charge is -2.30. The van der Waals surface area contributed by atoms with Gasteiger partial charge in [-0.25, -0.2) is 0 Å². The van der Waals surface area contributed by atoms with E-state index in [9.17, 15) is 5.11 Å². The van der Waals surface area contributed by atoms with Gasteiger partial charge in [0.15, 0.2) is 0 Å². The van der Waals surface area contributed by atoms with Gasteiger partial charge in [-0.3, -0.25) is 0 Å². The second kappa shape index (κ2) is 6.30. The number of aliphatic hydroxyl groups excluding tert-OH is 2. The van der Waals surface area contributed by atoms with Crippen molar-refractivity contribution in [3.63, 3.8) is 0 Å². The quantitative estimate of drug-likeness (QED) is 0.599. The van der Waals surface area contributed by atoms with E-state index in [0.29, 0.717) is 13.0 Å². The van der Waals surface area contributed by atoms with Gasteiger partial charge in [0.2, 0.25) is 0 Å². The van der Waals surface area contributed by atoms with Crippen molar-refractivity contribution in [2.24, 2.45) is 0 Å². The third-order valence-electron chi connectivity index (χ3n) is 2.84. The third kappa shape index (κ3) is 6.66. The summed E-state index contributed by atoms with van der Waals surface area (Å²) in [4.78, 5) is 0. The first kappa shape index (κ1) is 15.9. The third-order valence-corrected chi connectivity index (χ3v) is 2.84. The van der Waals surface area contributed by atoms with Crippen molar-refractivity contribution < 1.29 is 24.4 Å². The number of rotatable bonds is 9. The fourth-order valence-electron chi connectivity index (χ4n) is 1.54. The standard InChI is InChI=1S/C13H26O5/c1-12(2,18-8-11-7-16-11)5-10(15)6-17-13(3,4)9-14/h10-11,14-15H,5-9H2,1-4H3. The number of ether oxygens (including phenoxy) is 3. The zero-order valence-corrected chi connectivity index (χ0v) is 11.8. The van der Waals surface area contributed by atoms with E-state index in [0.717, 1.165) is 6.61 Å². The van der Waals surface area contributed by atoms with Gasteiger partial charge in [-0.15, -0.1) is 0 Å². The van der Waals surface area contributed by atoms with Gasteiger partial charge in [-0.05, 0) is 27.7 Å². The summed E-state index contributed by atoms with van der Waals surface area (Å²) >= 11 is 0. The van der Waals surface area contributed by atoms with Crippen LogP contribution in [0, 0.1) is 0 Å². The van der Waals surface area contributed by atoms with E-state index in [1.54, 1.807) is 13.8 Å². The predicted molar refractivity (Wildman–Crippen MR) is 67.5 cm³/mol. The first-order valence-electron chi connectivity index (χ1n) is 6.42. The maximum absolute atomic E-state index is 9.91. The van der Waals surface area contributed by atoms with Crippen LogP contribution in [-0.2, 0) is 14.2 Å². The van der Waals surface area contributed by atoms with Gasteiger partial charge >= 0.3 is 0 Å². The highest BCUT2D eigenvalue weighted by atomic mass is 16.6. The average Bonchev–Trinajstić information content (AvgIpc) is 3.07. The molecular formula is C13H26O5. The molecule has 1 saturated heterocycles. The van der Waals surface area contributed by atoms with Crippen LogP contribution < -0.4 is 0 Å². The molecular weight excluding hydrogens is 236 g/mol. The highest BCUT2D eigenvalue weighted by Gasteiger charge is 2.29.